The van der Waals surface area contributed by atoms with Gasteiger partial charge in [-0.15, -0.1) is 0 Å². The summed E-state index contributed by atoms with van der Waals surface area (Å²) in [6.07, 6.45) is 0. The summed E-state index contributed by atoms with van der Waals surface area (Å²) >= 11 is 0. The maximum Gasteiger partial charge on any atom is 0.292 e. The van der Waals surface area contributed by atoms with Gasteiger partial charge < -0.3 is 5.32 Å². The maximum atomic E-state index is 13.4. The van der Waals surface area contributed by atoms with Crippen molar-refractivity contribution < 1.29 is 18.5 Å². The normalized spacial score (nSPS) is 10.1. The number of carbonyl (C=O) groups excluding carboxylic acids is 1. The lowest BCUT2D eigenvalue weighted by molar-refractivity contribution is -0.384. The summed E-state index contributed by atoms with van der Waals surface area (Å²) < 4.78 is 26.5. The Labute approximate surface area is 112 Å². The second-order valence-electron chi connectivity index (χ2n) is 3.85. The van der Waals surface area contributed by atoms with Crippen LogP contribution in [0, 0.1) is 21.7 Å². The summed E-state index contributed by atoms with van der Waals surface area (Å²) in [6, 6.07) is 7.76. The molecule has 5 nitrogen and oxygen atoms in total. The Morgan fingerprint density at radius 1 is 1.15 bits per heavy atom. The van der Waals surface area contributed by atoms with Crippen molar-refractivity contribution in [3.05, 3.63) is 69.8 Å². The number of nitrogens with one attached hydrogen (secondary N) is 1. The predicted octanol–water partition coefficient (Wildman–Crippen LogP) is 3.13. The van der Waals surface area contributed by atoms with Crippen LogP contribution >= 0.6 is 0 Å². The third kappa shape index (κ3) is 2.77. The van der Waals surface area contributed by atoms with Crippen LogP contribution in [-0.2, 0) is 0 Å². The zero-order valence-electron chi connectivity index (χ0n) is 9.97. The lowest BCUT2D eigenvalue weighted by Gasteiger charge is -2.06. The van der Waals surface area contributed by atoms with Gasteiger partial charge in [0.05, 0.1) is 10.5 Å². The molecular weight excluding hydrogens is 270 g/mol. The second-order valence-corrected chi connectivity index (χ2v) is 3.85. The third-order valence-electron chi connectivity index (χ3n) is 2.52. The average Bonchev–Trinajstić information content (AvgIpc) is 2.38. The molecule has 0 aliphatic carbocycles. The monoisotopic (exact) mass is 278 g/mol. The number of hydrogen-bond donors (Lipinski definition) is 1. The van der Waals surface area contributed by atoms with E-state index in [1.54, 1.807) is 0 Å². The first kappa shape index (κ1) is 13.6. The van der Waals surface area contributed by atoms with Crippen molar-refractivity contribution in [2.75, 3.05) is 5.32 Å². The fraction of sp³-hybridized carbons (Fsp3) is 0. The van der Waals surface area contributed by atoms with Crippen LogP contribution in [0.1, 0.15) is 10.4 Å². The van der Waals surface area contributed by atoms with Crippen molar-refractivity contribution in [3.8, 4) is 0 Å². The van der Waals surface area contributed by atoms with Gasteiger partial charge in [-0.2, -0.15) is 0 Å². The molecule has 1 amide bonds. The highest BCUT2D eigenvalue weighted by molar-refractivity contribution is 6.05. The van der Waals surface area contributed by atoms with Crippen LogP contribution in [0.4, 0.5) is 20.2 Å². The highest BCUT2D eigenvalue weighted by atomic mass is 19.1. The second kappa shape index (κ2) is 5.43. The van der Waals surface area contributed by atoms with E-state index in [0.29, 0.717) is 0 Å². The molecule has 2 aromatic rings. The third-order valence-corrected chi connectivity index (χ3v) is 2.52. The summed E-state index contributed by atoms with van der Waals surface area (Å²) in [5, 5.41) is 12.9. The molecule has 20 heavy (non-hydrogen) atoms. The first-order valence-electron chi connectivity index (χ1n) is 5.49. The van der Waals surface area contributed by atoms with Crippen LogP contribution in [0.5, 0.6) is 0 Å². The molecule has 0 atom stereocenters. The standard InChI is InChI=1S/C13H8F2N2O3/c14-8-5-6-12(17(19)20)11(7-8)16-13(18)9-3-1-2-4-10(9)15/h1-7H,(H,16,18). The molecule has 0 radical (unpaired) electrons. The molecule has 0 saturated heterocycles. The maximum absolute atomic E-state index is 13.4. The number of rotatable bonds is 3. The van der Waals surface area contributed by atoms with Gasteiger partial charge in [0.2, 0.25) is 0 Å². The molecule has 0 heterocycles. The zero-order chi connectivity index (χ0) is 14.7. The van der Waals surface area contributed by atoms with Gasteiger partial charge in [-0.05, 0) is 18.2 Å². The van der Waals surface area contributed by atoms with Crippen molar-refractivity contribution in [3.63, 3.8) is 0 Å². The number of carbonyl (C=O) groups is 1. The molecule has 1 N–H and O–H groups in total. The number of hydrogen-bond acceptors (Lipinski definition) is 3. The molecule has 7 heteroatoms. The average molecular weight is 278 g/mol. The molecular formula is C13H8F2N2O3. The van der Waals surface area contributed by atoms with Crippen molar-refractivity contribution in [1.29, 1.82) is 0 Å². The highest BCUT2D eigenvalue weighted by Gasteiger charge is 2.18. The molecule has 102 valence electrons. The van der Waals surface area contributed by atoms with Crippen LogP contribution < -0.4 is 5.32 Å². The highest BCUT2D eigenvalue weighted by Crippen LogP contribution is 2.25. The molecule has 2 aromatic carbocycles. The SMILES string of the molecule is O=C(Nc1cc(F)ccc1[N+](=O)[O-])c1ccccc1F. The topological polar surface area (TPSA) is 72.2 Å². The first-order chi connectivity index (χ1) is 9.49. The zero-order valence-corrected chi connectivity index (χ0v) is 9.97. The van der Waals surface area contributed by atoms with Crippen LogP contribution in [0.2, 0.25) is 0 Å². The van der Waals surface area contributed by atoms with Gasteiger partial charge in [0.1, 0.15) is 17.3 Å². The Hall–Kier alpha value is -2.83. The first-order valence-corrected chi connectivity index (χ1v) is 5.49. The van der Waals surface area contributed by atoms with Gasteiger partial charge in [0.15, 0.2) is 0 Å². The van der Waals surface area contributed by atoms with E-state index in [1.807, 2.05) is 0 Å². The lowest BCUT2D eigenvalue weighted by atomic mass is 10.2. The molecule has 2 rings (SSSR count). The van der Waals surface area contributed by atoms with Crippen molar-refractivity contribution in [2.24, 2.45) is 0 Å². The summed E-state index contributed by atoms with van der Waals surface area (Å²) in [5.74, 6) is -2.42. The molecule has 0 unspecified atom stereocenters. The fourth-order valence-corrected chi connectivity index (χ4v) is 1.60. The predicted molar refractivity (Wildman–Crippen MR) is 67.4 cm³/mol. The van der Waals surface area contributed by atoms with Crippen LogP contribution in [-0.4, -0.2) is 10.8 Å². The summed E-state index contributed by atoms with van der Waals surface area (Å²) in [6.45, 7) is 0. The van der Waals surface area contributed by atoms with E-state index >= 15 is 0 Å². The minimum absolute atomic E-state index is 0.286. The largest absolute Gasteiger partial charge is 0.316 e. The number of halogens is 2. The van der Waals surface area contributed by atoms with Crippen LogP contribution in [0.3, 0.4) is 0 Å². The summed E-state index contributed by atoms with van der Waals surface area (Å²) in [5.41, 5.74) is -1.09. The van der Waals surface area contributed by atoms with E-state index in [1.165, 1.54) is 18.2 Å². The summed E-state index contributed by atoms with van der Waals surface area (Å²) in [7, 11) is 0. The molecule has 0 aliphatic rings. The molecule has 0 bridgehead atoms. The number of amides is 1. The van der Waals surface area contributed by atoms with Crippen molar-refractivity contribution >= 4 is 17.3 Å². The molecule has 0 aliphatic heterocycles. The van der Waals surface area contributed by atoms with E-state index in [2.05, 4.69) is 5.32 Å². The van der Waals surface area contributed by atoms with Gasteiger partial charge in [0, 0.05) is 12.1 Å². The molecule has 0 spiro atoms. The minimum atomic E-state index is -0.892. The Morgan fingerprint density at radius 3 is 2.50 bits per heavy atom. The quantitative estimate of drug-likeness (QED) is 0.692. The van der Waals surface area contributed by atoms with Gasteiger partial charge >= 0.3 is 0 Å². The van der Waals surface area contributed by atoms with Gasteiger partial charge in [-0.3, -0.25) is 14.9 Å². The minimum Gasteiger partial charge on any atom is -0.316 e. The van der Waals surface area contributed by atoms with Crippen molar-refractivity contribution in [2.45, 2.75) is 0 Å². The number of nitro groups is 1. The Kier molecular flexibility index (Phi) is 3.69. The van der Waals surface area contributed by atoms with E-state index in [9.17, 15) is 23.7 Å². The van der Waals surface area contributed by atoms with Gasteiger partial charge in [-0.25, -0.2) is 8.78 Å². The van der Waals surface area contributed by atoms with E-state index in [0.717, 1.165) is 24.3 Å². The van der Waals surface area contributed by atoms with Gasteiger partial charge in [0.25, 0.3) is 11.6 Å². The molecule has 0 saturated carbocycles. The number of anilines is 1. The van der Waals surface area contributed by atoms with Crippen molar-refractivity contribution in [1.82, 2.24) is 0 Å². The van der Waals surface area contributed by atoms with Crippen LogP contribution in [0.15, 0.2) is 42.5 Å². The number of benzene rings is 2. The summed E-state index contributed by atoms with van der Waals surface area (Å²) in [4.78, 5) is 21.8. The Balaban J connectivity index is 2.35. The lowest BCUT2D eigenvalue weighted by Crippen LogP contribution is -2.14. The smallest absolute Gasteiger partial charge is 0.292 e. The fourth-order valence-electron chi connectivity index (χ4n) is 1.60. The Morgan fingerprint density at radius 2 is 1.85 bits per heavy atom. The van der Waals surface area contributed by atoms with Gasteiger partial charge in [-0.1, -0.05) is 12.1 Å². The Bertz CT molecular complexity index is 689. The molecule has 0 fully saturated rings. The van der Waals surface area contributed by atoms with E-state index < -0.39 is 28.2 Å². The molecule has 0 aromatic heterocycles. The van der Waals surface area contributed by atoms with E-state index in [4.69, 9.17) is 0 Å². The van der Waals surface area contributed by atoms with E-state index in [-0.39, 0.29) is 11.3 Å². The number of nitrogens with zero attached hydrogens (tertiary/aromatic N) is 1. The van der Waals surface area contributed by atoms with Crippen LogP contribution in [0.25, 0.3) is 0 Å². The number of nitro benzene ring substituents is 1.